The molecule has 8 rings (SSSR count). The van der Waals surface area contributed by atoms with Crippen molar-refractivity contribution in [2.45, 2.75) is 57.7 Å². The molecule has 2 aromatic carbocycles. The monoisotopic (exact) mass is 824 g/mol. The van der Waals surface area contributed by atoms with Crippen molar-refractivity contribution in [3.63, 3.8) is 0 Å². The molecule has 59 heavy (non-hydrogen) atoms. The number of aromatic nitrogens is 3. The number of fused-ring (bicyclic) bond motifs is 2. The number of piperazine rings is 1. The highest BCUT2D eigenvalue weighted by Crippen LogP contribution is 2.37. The predicted octanol–water partition coefficient (Wildman–Crippen LogP) is 3.09. The largest absolute Gasteiger partial charge is 0.478 e. The number of carbonyl (C=O) groups excluding carboxylic acids is 5. The molecule has 3 N–H and O–H groups in total. The topological polar surface area (TPSA) is 191 Å². The number of carbonyl (C=O) groups is 5. The Morgan fingerprint density at radius 2 is 1.80 bits per heavy atom. The second-order valence-electron chi connectivity index (χ2n) is 15.4. The van der Waals surface area contributed by atoms with Gasteiger partial charge in [-0.2, -0.15) is 4.98 Å². The highest BCUT2D eigenvalue weighted by atomic mass is 35.5. The van der Waals surface area contributed by atoms with Gasteiger partial charge in [-0.3, -0.25) is 43.9 Å². The fraction of sp³-hybridized carbons (Fsp3) is 0.415. The van der Waals surface area contributed by atoms with E-state index in [1.54, 1.807) is 29.0 Å². The number of rotatable bonds is 11. The summed E-state index contributed by atoms with van der Waals surface area (Å²) in [5, 5.41) is 9.13. The van der Waals surface area contributed by atoms with Crippen LogP contribution in [0.4, 0.5) is 23.1 Å². The third kappa shape index (κ3) is 7.67. The van der Waals surface area contributed by atoms with Crippen LogP contribution in [0.15, 0.2) is 53.5 Å². The summed E-state index contributed by atoms with van der Waals surface area (Å²) in [6, 6.07) is 11.4. The maximum absolute atomic E-state index is 13.8. The number of nitrogens with one attached hydrogen (secondary N) is 3. The average molecular weight is 825 g/mol. The summed E-state index contributed by atoms with van der Waals surface area (Å²) < 4.78 is 7.24. The van der Waals surface area contributed by atoms with Gasteiger partial charge >= 0.3 is 0 Å². The first kappa shape index (κ1) is 39.7. The van der Waals surface area contributed by atoms with Crippen LogP contribution in [0.5, 0.6) is 5.75 Å². The molecule has 18 heteroatoms. The molecule has 2 unspecified atom stereocenters. The van der Waals surface area contributed by atoms with Crippen LogP contribution in [0.25, 0.3) is 10.9 Å². The van der Waals surface area contributed by atoms with Gasteiger partial charge in [-0.05, 0) is 69.5 Å². The number of hydrogen-bond acceptors (Lipinski definition) is 13. The number of benzene rings is 2. The fourth-order valence-electron chi connectivity index (χ4n) is 8.47. The minimum Gasteiger partial charge on any atom is -0.478 e. The number of halogens is 1. The molecule has 2 atom stereocenters. The van der Waals surface area contributed by atoms with Crippen molar-refractivity contribution in [2.75, 3.05) is 68.0 Å². The quantitative estimate of drug-likeness (QED) is 0.187. The van der Waals surface area contributed by atoms with Crippen LogP contribution in [-0.4, -0.2) is 119 Å². The Bertz CT molecular complexity index is 2430. The third-order valence-corrected chi connectivity index (χ3v) is 11.7. The van der Waals surface area contributed by atoms with Crippen molar-refractivity contribution in [1.82, 2.24) is 35.0 Å². The Morgan fingerprint density at radius 3 is 2.54 bits per heavy atom. The number of likely N-dealkylation sites (N-methyl/N-ethyl adjacent to an activating group) is 1. The smallest absolute Gasteiger partial charge is 0.293 e. The van der Waals surface area contributed by atoms with Crippen LogP contribution < -0.4 is 36.0 Å². The summed E-state index contributed by atoms with van der Waals surface area (Å²) in [6.07, 6.45) is 3.60. The van der Waals surface area contributed by atoms with Gasteiger partial charge in [0.2, 0.25) is 17.8 Å². The Labute approximate surface area is 344 Å². The van der Waals surface area contributed by atoms with E-state index in [1.165, 1.54) is 7.05 Å². The standard InChI is InChI=1S/C41H45ClN10O7/c1-23(2)51-29-10-9-25(18-24(29)19-32(39(51)57)59-22-34(54)43-3)45-36-28(42)20-44-41(47-36)49-16-14-48(15-17-49)21-26-6-5-13-50(26)30-8-4-7-27-35(30)40(58)52(38(27)56)31-11-12-33(53)46-37(31)55/h4,7-10,18-20,23,26,31H,5-6,11-17,21-22H2,1-3H3,(H,43,54)(H,44,45,47)(H,46,53,55). The van der Waals surface area contributed by atoms with Crippen molar-refractivity contribution in [3.8, 4) is 5.75 Å². The van der Waals surface area contributed by atoms with Gasteiger partial charge < -0.3 is 29.7 Å². The van der Waals surface area contributed by atoms with Crippen LogP contribution >= 0.6 is 11.6 Å². The lowest BCUT2D eigenvalue weighted by Gasteiger charge is -2.38. The van der Waals surface area contributed by atoms with E-state index in [0.29, 0.717) is 52.3 Å². The number of piperidine rings is 1. The third-order valence-electron chi connectivity index (χ3n) is 11.4. The van der Waals surface area contributed by atoms with Gasteiger partial charge in [0.15, 0.2) is 18.2 Å². The van der Waals surface area contributed by atoms with Crippen LogP contribution in [-0.2, 0) is 14.4 Å². The highest BCUT2D eigenvalue weighted by Gasteiger charge is 2.46. The Balaban J connectivity index is 0.933. The van der Waals surface area contributed by atoms with Crippen molar-refractivity contribution in [2.24, 2.45) is 0 Å². The summed E-state index contributed by atoms with van der Waals surface area (Å²) in [5.41, 5.74) is 2.36. The first-order valence-corrected chi connectivity index (χ1v) is 20.2. The molecule has 5 amide bonds. The maximum atomic E-state index is 13.8. The second-order valence-corrected chi connectivity index (χ2v) is 15.8. The predicted molar refractivity (Wildman–Crippen MR) is 221 cm³/mol. The molecular formula is C41H45ClN10O7. The molecule has 17 nitrogen and oxygen atoms in total. The van der Waals surface area contributed by atoms with Gasteiger partial charge in [0.05, 0.1) is 28.5 Å². The molecule has 3 saturated heterocycles. The van der Waals surface area contributed by atoms with Crippen molar-refractivity contribution < 1.29 is 28.7 Å². The van der Waals surface area contributed by atoms with Gasteiger partial charge in [0.1, 0.15) is 11.1 Å². The highest BCUT2D eigenvalue weighted by molar-refractivity contribution is 6.33. The number of anilines is 4. The Kier molecular flexibility index (Phi) is 11.0. The van der Waals surface area contributed by atoms with E-state index < -0.39 is 29.7 Å². The van der Waals surface area contributed by atoms with E-state index >= 15 is 0 Å². The van der Waals surface area contributed by atoms with E-state index in [0.717, 1.165) is 49.3 Å². The van der Waals surface area contributed by atoms with Crippen molar-refractivity contribution in [1.29, 1.82) is 0 Å². The Morgan fingerprint density at radius 1 is 1.00 bits per heavy atom. The first-order valence-electron chi connectivity index (χ1n) is 19.8. The van der Waals surface area contributed by atoms with Gasteiger partial charge in [-0.1, -0.05) is 17.7 Å². The van der Waals surface area contributed by atoms with Crippen LogP contribution in [0, 0.1) is 0 Å². The number of nitrogens with zero attached hydrogens (tertiary/aromatic N) is 7. The minimum absolute atomic E-state index is 0.0668. The molecular weight excluding hydrogens is 780 g/mol. The van der Waals surface area contributed by atoms with Crippen molar-refractivity contribution in [3.05, 3.63) is 75.2 Å². The molecule has 0 bridgehead atoms. The summed E-state index contributed by atoms with van der Waals surface area (Å²) >= 11 is 6.60. The van der Waals surface area contributed by atoms with E-state index in [4.69, 9.17) is 21.3 Å². The minimum atomic E-state index is -1.02. The molecule has 3 fully saturated rings. The molecule has 6 heterocycles. The van der Waals surface area contributed by atoms with Crippen LogP contribution in [0.2, 0.25) is 5.02 Å². The Hall–Kier alpha value is -6.07. The SMILES string of the molecule is CNC(=O)COc1cc2cc(Nc3nc(N4CCN(CC5CCCN5c5cccc6c5C(=O)N(C5CCC(=O)NC5=O)C6=O)CC4)ncc3Cl)ccc2n(C(C)C)c1=O. The summed E-state index contributed by atoms with van der Waals surface area (Å²) in [7, 11) is 1.50. The number of imide groups is 2. The lowest BCUT2D eigenvalue weighted by molar-refractivity contribution is -0.136. The molecule has 0 spiro atoms. The molecule has 4 aromatic rings. The van der Waals surface area contributed by atoms with Gasteiger partial charge in [0, 0.05) is 75.9 Å². The van der Waals surface area contributed by atoms with E-state index in [-0.39, 0.29) is 54.3 Å². The van der Waals surface area contributed by atoms with E-state index in [1.807, 2.05) is 38.1 Å². The molecule has 4 aliphatic heterocycles. The zero-order valence-electron chi connectivity index (χ0n) is 33.0. The molecule has 4 aliphatic rings. The number of amides is 5. The van der Waals surface area contributed by atoms with E-state index in [2.05, 4.69) is 35.6 Å². The zero-order valence-corrected chi connectivity index (χ0v) is 33.8. The zero-order chi connectivity index (χ0) is 41.5. The molecule has 308 valence electrons. The summed E-state index contributed by atoms with van der Waals surface area (Å²) in [4.78, 5) is 93.9. The van der Waals surface area contributed by atoms with Crippen LogP contribution in [0.3, 0.4) is 0 Å². The van der Waals surface area contributed by atoms with Crippen molar-refractivity contribution >= 4 is 75.2 Å². The summed E-state index contributed by atoms with van der Waals surface area (Å²) in [5.74, 6) is -1.36. The average Bonchev–Trinajstić information content (AvgIpc) is 3.78. The fourth-order valence-corrected chi connectivity index (χ4v) is 8.61. The van der Waals surface area contributed by atoms with Gasteiger partial charge in [0.25, 0.3) is 23.3 Å². The lowest BCUT2D eigenvalue weighted by Crippen LogP contribution is -2.54. The normalized spacial score (nSPS) is 19.8. The number of pyridine rings is 1. The number of ether oxygens (including phenoxy) is 1. The molecule has 0 saturated carbocycles. The lowest BCUT2D eigenvalue weighted by atomic mass is 10.0. The number of hydrogen-bond donors (Lipinski definition) is 3. The first-order chi connectivity index (χ1) is 28.4. The van der Waals surface area contributed by atoms with E-state index in [9.17, 15) is 28.8 Å². The summed E-state index contributed by atoms with van der Waals surface area (Å²) in [6.45, 7) is 7.87. The molecule has 2 aromatic heterocycles. The molecule has 0 radical (unpaired) electrons. The second kappa shape index (κ2) is 16.3. The maximum Gasteiger partial charge on any atom is 0.293 e. The van der Waals surface area contributed by atoms with Gasteiger partial charge in [-0.25, -0.2) is 4.98 Å². The van der Waals surface area contributed by atoms with Crippen LogP contribution in [0.1, 0.15) is 66.3 Å². The van der Waals surface area contributed by atoms with Gasteiger partial charge in [-0.15, -0.1) is 0 Å². The molecule has 0 aliphatic carbocycles.